The van der Waals surface area contributed by atoms with Crippen LogP contribution in [0.1, 0.15) is 72.1 Å². The number of amides is 6. The van der Waals surface area contributed by atoms with Gasteiger partial charge in [0.2, 0.25) is 11.9 Å². The standard InChI is InChI=1S/C31H49B2N11O9/c1-30(2,51-28(49)37-16-18-6-4-8-20(14-18)39-26(47)43-24-35-12-10-22(45)41-24)32-53-31(3,34)33-52-29(50)38-17-19-7-5-9-21(15-19)40-27(48)44-25-36-13-11-23(46)42-25/h10-13,18-21,32-33H,4-9,14-17,34H2,1-3H3,(H,37,49)(H,38,50)(H3,35,39,41,43,45,47)(H3,36,40,42,44,46,48). The molecule has 5 atom stereocenters. The molecule has 0 aliphatic heterocycles. The molecule has 2 fully saturated rings. The first kappa shape index (κ1) is 40.7. The molecule has 6 amide bonds. The summed E-state index contributed by atoms with van der Waals surface area (Å²) in [6.07, 6.45) is 7.77. The summed E-state index contributed by atoms with van der Waals surface area (Å²) in [7, 11) is -0.342. The molecule has 4 rings (SSSR count). The summed E-state index contributed by atoms with van der Waals surface area (Å²) < 4.78 is 16.6. The molecule has 288 valence electrons. The van der Waals surface area contributed by atoms with Gasteiger partial charge in [-0.05, 0) is 71.1 Å². The normalized spacial score (nSPS) is 21.1. The average molecular weight is 741 g/mol. The molecule has 22 heteroatoms. The number of alkyl carbamates (subject to hydrolysis) is 1. The Morgan fingerprint density at radius 1 is 0.792 bits per heavy atom. The van der Waals surface area contributed by atoms with E-state index in [-0.39, 0.29) is 50.8 Å². The average Bonchev–Trinajstić information content (AvgIpc) is 3.08. The molecule has 0 bridgehead atoms. The molecular formula is C31H49B2N11O9. The van der Waals surface area contributed by atoms with E-state index in [1.54, 1.807) is 20.8 Å². The van der Waals surface area contributed by atoms with Crippen LogP contribution in [-0.2, 0) is 14.0 Å². The lowest BCUT2D eigenvalue weighted by Crippen LogP contribution is -2.53. The van der Waals surface area contributed by atoms with Crippen molar-refractivity contribution in [3.63, 3.8) is 0 Å². The molecular weight excluding hydrogens is 692 g/mol. The third-order valence-corrected chi connectivity index (χ3v) is 8.71. The van der Waals surface area contributed by atoms with E-state index >= 15 is 0 Å². The van der Waals surface area contributed by atoms with Crippen LogP contribution in [0.15, 0.2) is 34.1 Å². The van der Waals surface area contributed by atoms with Gasteiger partial charge in [0.1, 0.15) is 11.1 Å². The Morgan fingerprint density at radius 2 is 1.28 bits per heavy atom. The van der Waals surface area contributed by atoms with Crippen LogP contribution in [-0.4, -0.2) is 95.4 Å². The molecule has 0 saturated heterocycles. The Kier molecular flexibility index (Phi) is 14.7. The maximum atomic E-state index is 12.6. The first-order valence-electron chi connectivity index (χ1n) is 17.7. The number of carbonyl (C=O) groups excluding carboxylic acids is 4. The Bertz CT molecular complexity index is 1680. The van der Waals surface area contributed by atoms with E-state index in [0.29, 0.717) is 25.9 Å². The number of ether oxygens (including phenoxy) is 1. The number of nitrogens with two attached hydrogens (primary N) is 1. The molecule has 53 heavy (non-hydrogen) atoms. The van der Waals surface area contributed by atoms with Crippen molar-refractivity contribution in [2.45, 2.75) is 95.3 Å². The van der Waals surface area contributed by atoms with Crippen molar-refractivity contribution in [3.05, 3.63) is 45.2 Å². The lowest BCUT2D eigenvalue weighted by Gasteiger charge is -2.31. The van der Waals surface area contributed by atoms with Gasteiger partial charge in [-0.15, -0.1) is 0 Å². The number of urea groups is 2. The zero-order chi connectivity index (χ0) is 38.4. The predicted molar refractivity (Wildman–Crippen MR) is 197 cm³/mol. The first-order valence-corrected chi connectivity index (χ1v) is 17.7. The summed E-state index contributed by atoms with van der Waals surface area (Å²) >= 11 is 0. The summed E-state index contributed by atoms with van der Waals surface area (Å²) in [6.45, 7) is 5.57. The number of carbonyl (C=O) groups is 4. The number of nitrogens with zero attached hydrogens (tertiary/aromatic N) is 2. The predicted octanol–water partition coefficient (Wildman–Crippen LogP) is 0.455. The molecule has 20 nitrogen and oxygen atoms in total. The molecule has 5 unspecified atom stereocenters. The van der Waals surface area contributed by atoms with Crippen molar-refractivity contribution in [1.29, 1.82) is 0 Å². The fourth-order valence-electron chi connectivity index (χ4n) is 6.16. The van der Waals surface area contributed by atoms with Gasteiger partial charge in [0.05, 0.1) is 0 Å². The second-order valence-electron chi connectivity index (χ2n) is 14.3. The molecule has 2 aliphatic rings. The maximum absolute atomic E-state index is 12.6. The summed E-state index contributed by atoms with van der Waals surface area (Å²) in [5.41, 5.74) is 2.84. The van der Waals surface area contributed by atoms with Crippen LogP contribution in [0.3, 0.4) is 0 Å². The highest BCUT2D eigenvalue weighted by molar-refractivity contribution is 6.38. The number of aromatic nitrogens is 4. The molecule has 0 spiro atoms. The van der Waals surface area contributed by atoms with Gasteiger partial charge < -0.3 is 51.0 Å². The van der Waals surface area contributed by atoms with E-state index in [9.17, 15) is 28.8 Å². The minimum Gasteiger partial charge on any atom is -0.519 e. The van der Waals surface area contributed by atoms with Gasteiger partial charge in [0.25, 0.3) is 11.1 Å². The van der Waals surface area contributed by atoms with Gasteiger partial charge in [-0.25, -0.2) is 19.2 Å². The third-order valence-electron chi connectivity index (χ3n) is 8.71. The zero-order valence-electron chi connectivity index (χ0n) is 30.3. The number of hydrogen-bond donors (Lipinski definition) is 9. The van der Waals surface area contributed by atoms with Crippen LogP contribution in [0.2, 0.25) is 0 Å². The number of H-pyrrole nitrogens is 2. The molecule has 2 saturated carbocycles. The smallest absolute Gasteiger partial charge is 0.407 e. The van der Waals surface area contributed by atoms with E-state index in [2.05, 4.69) is 51.8 Å². The van der Waals surface area contributed by atoms with Crippen LogP contribution >= 0.6 is 0 Å². The Hall–Kier alpha value is -5.11. The second kappa shape index (κ2) is 19.1. The lowest BCUT2D eigenvalue weighted by molar-refractivity contribution is 0.0659. The highest BCUT2D eigenvalue weighted by Gasteiger charge is 2.33. The number of rotatable bonds is 14. The van der Waals surface area contributed by atoms with Gasteiger partial charge in [-0.1, -0.05) is 12.8 Å². The van der Waals surface area contributed by atoms with Crippen molar-refractivity contribution in [2.75, 3.05) is 23.7 Å². The summed E-state index contributed by atoms with van der Waals surface area (Å²) in [5, 5.41) is 16.3. The highest BCUT2D eigenvalue weighted by atomic mass is 16.6. The second-order valence-corrected chi connectivity index (χ2v) is 14.3. The third kappa shape index (κ3) is 15.2. The van der Waals surface area contributed by atoms with E-state index in [4.69, 9.17) is 19.8 Å². The van der Waals surface area contributed by atoms with Crippen LogP contribution in [0.5, 0.6) is 0 Å². The van der Waals surface area contributed by atoms with Crippen LogP contribution in [0.25, 0.3) is 0 Å². The monoisotopic (exact) mass is 741 g/mol. The van der Waals surface area contributed by atoms with Crippen LogP contribution < -0.4 is 48.8 Å². The number of hydrogen-bond acceptors (Lipinski definition) is 12. The van der Waals surface area contributed by atoms with Crippen LogP contribution in [0.4, 0.5) is 31.1 Å². The van der Waals surface area contributed by atoms with Gasteiger partial charge in [0, 0.05) is 49.7 Å². The minimum absolute atomic E-state index is 0.0489. The largest absolute Gasteiger partial charge is 0.519 e. The number of nitrogens with one attached hydrogen (secondary N) is 8. The highest BCUT2D eigenvalue weighted by Crippen LogP contribution is 2.25. The molecule has 0 radical (unpaired) electrons. The fraction of sp³-hybridized carbons (Fsp3) is 0.613. The van der Waals surface area contributed by atoms with Crippen molar-refractivity contribution in [1.82, 2.24) is 41.2 Å². The molecule has 2 aromatic heterocycles. The van der Waals surface area contributed by atoms with Crippen LogP contribution in [0, 0.1) is 11.8 Å². The Morgan fingerprint density at radius 3 is 1.77 bits per heavy atom. The first-order chi connectivity index (χ1) is 25.1. The Balaban J connectivity index is 1.08. The SMILES string of the molecule is CC(C)(BOC(C)(N)BOC(=O)NCC1CCCC(NC(=O)Nc2nc(=O)cc[nH]2)C1)OC(=O)NCC1CCCC(NC(=O)Nc2nc(=O)cc[nH]2)C1. The molecule has 2 heterocycles. The zero-order valence-corrected chi connectivity index (χ0v) is 30.3. The van der Waals surface area contributed by atoms with Gasteiger partial charge in [0.15, 0.2) is 0 Å². The van der Waals surface area contributed by atoms with Gasteiger partial charge in [-0.2, -0.15) is 9.97 Å². The van der Waals surface area contributed by atoms with Crippen molar-refractivity contribution >= 4 is 51.1 Å². The molecule has 0 aromatic carbocycles. The summed E-state index contributed by atoms with van der Waals surface area (Å²) in [6, 6.07) is 1.29. The summed E-state index contributed by atoms with van der Waals surface area (Å²) in [5.74, 6) is 0.318. The van der Waals surface area contributed by atoms with Gasteiger partial charge in [-0.3, -0.25) is 20.2 Å². The maximum Gasteiger partial charge on any atom is 0.407 e. The van der Waals surface area contributed by atoms with E-state index in [0.717, 1.165) is 38.5 Å². The molecule has 2 aliphatic carbocycles. The number of anilines is 2. The Labute approximate surface area is 307 Å². The van der Waals surface area contributed by atoms with E-state index in [1.807, 2.05) is 0 Å². The van der Waals surface area contributed by atoms with Crippen molar-refractivity contribution in [3.8, 4) is 0 Å². The van der Waals surface area contributed by atoms with Gasteiger partial charge >= 0.3 is 39.2 Å². The van der Waals surface area contributed by atoms with E-state index < -0.39 is 46.5 Å². The number of aromatic amines is 2. The van der Waals surface area contributed by atoms with Crippen molar-refractivity contribution in [2.24, 2.45) is 17.6 Å². The summed E-state index contributed by atoms with van der Waals surface area (Å²) in [4.78, 5) is 85.3. The quantitative estimate of drug-likeness (QED) is 0.0943. The molecule has 2 aromatic rings. The van der Waals surface area contributed by atoms with Crippen molar-refractivity contribution < 1.29 is 33.2 Å². The lowest BCUT2D eigenvalue weighted by atomic mass is 9.74. The topological polar surface area (TPSA) is 286 Å². The fourth-order valence-corrected chi connectivity index (χ4v) is 6.16. The minimum atomic E-state index is -1.37. The molecule has 10 N–H and O–H groups in total. The van der Waals surface area contributed by atoms with E-state index in [1.165, 1.54) is 24.5 Å².